The van der Waals surface area contributed by atoms with E-state index in [1.165, 1.54) is 22.6 Å². The highest BCUT2D eigenvalue weighted by molar-refractivity contribution is 7.92. The zero-order valence-electron chi connectivity index (χ0n) is 20.7. The van der Waals surface area contributed by atoms with Gasteiger partial charge in [-0.3, -0.25) is 4.79 Å². The minimum absolute atomic E-state index is 0.273. The number of amides is 1. The molecule has 1 aromatic heterocycles. The fraction of sp³-hybridized carbons (Fsp3) is 0.320. The molecule has 1 saturated heterocycles. The first-order valence-corrected chi connectivity index (χ1v) is 13.1. The van der Waals surface area contributed by atoms with Gasteiger partial charge in [-0.15, -0.1) is 0 Å². The van der Waals surface area contributed by atoms with Gasteiger partial charge in [-0.2, -0.15) is 18.3 Å². The summed E-state index contributed by atoms with van der Waals surface area (Å²) in [7, 11) is -3.35. The molecule has 1 amide bonds. The number of methoxy groups -OCH3 is 1. The van der Waals surface area contributed by atoms with Gasteiger partial charge in [0.25, 0.3) is 0 Å². The van der Waals surface area contributed by atoms with Crippen molar-refractivity contribution < 1.29 is 35.9 Å². The Hall–Kier alpha value is -3.87. The van der Waals surface area contributed by atoms with Gasteiger partial charge >= 0.3 is 12.1 Å². The van der Waals surface area contributed by atoms with Crippen molar-refractivity contribution in [3.05, 3.63) is 65.9 Å². The molecule has 1 aliphatic rings. The molecule has 1 aliphatic heterocycles. The summed E-state index contributed by atoms with van der Waals surface area (Å²) in [4.78, 5) is 24.9. The number of aryl methyl sites for hydroxylation is 1. The van der Waals surface area contributed by atoms with Crippen molar-refractivity contribution in [2.24, 2.45) is 0 Å². The van der Waals surface area contributed by atoms with Crippen LogP contribution in [0.1, 0.15) is 24.6 Å². The lowest BCUT2D eigenvalue weighted by Gasteiger charge is -2.25. The highest BCUT2D eigenvalue weighted by Gasteiger charge is 2.47. The number of carbonyl (C=O) groups excluding carboxylic acids is 2. The number of hydrogen-bond donors (Lipinski definition) is 1. The van der Waals surface area contributed by atoms with Crippen LogP contribution in [0.4, 0.5) is 24.7 Å². The third kappa shape index (κ3) is 5.23. The number of carbonyl (C=O) groups is 2. The quantitative estimate of drug-likeness (QED) is 0.466. The van der Waals surface area contributed by atoms with E-state index in [4.69, 9.17) is 4.74 Å². The van der Waals surface area contributed by atoms with Crippen LogP contribution in [0.25, 0.3) is 5.69 Å². The van der Waals surface area contributed by atoms with Crippen LogP contribution in [-0.2, 0) is 30.3 Å². The Kier molecular flexibility index (Phi) is 7.24. The molecule has 1 fully saturated rings. The van der Waals surface area contributed by atoms with Crippen molar-refractivity contribution in [1.82, 2.24) is 9.78 Å². The number of nitrogens with one attached hydrogen (secondary N) is 1. The Morgan fingerprint density at radius 3 is 2.47 bits per heavy atom. The molecule has 0 saturated carbocycles. The Bertz CT molecular complexity index is 1490. The minimum atomic E-state index is -4.88. The topological polar surface area (TPSA) is 111 Å². The second-order valence-electron chi connectivity index (χ2n) is 8.88. The smallest absolute Gasteiger partial charge is 0.417 e. The van der Waals surface area contributed by atoms with E-state index >= 15 is 0 Å². The van der Waals surface area contributed by atoms with E-state index < -0.39 is 43.7 Å². The van der Waals surface area contributed by atoms with Crippen LogP contribution in [-0.4, -0.2) is 55.0 Å². The zero-order valence-corrected chi connectivity index (χ0v) is 21.5. The van der Waals surface area contributed by atoms with Gasteiger partial charge in [0.2, 0.25) is 5.91 Å². The van der Waals surface area contributed by atoms with Gasteiger partial charge in [-0.05, 0) is 43.7 Å². The van der Waals surface area contributed by atoms with Crippen LogP contribution in [0.3, 0.4) is 0 Å². The predicted octanol–water partition coefficient (Wildman–Crippen LogP) is 3.75. The predicted molar refractivity (Wildman–Crippen MR) is 133 cm³/mol. The number of rotatable bonds is 6. The largest absolute Gasteiger partial charge is 0.467 e. The molecule has 1 N–H and O–H groups in total. The van der Waals surface area contributed by atoms with Crippen LogP contribution >= 0.6 is 0 Å². The van der Waals surface area contributed by atoms with E-state index in [2.05, 4.69) is 10.4 Å². The summed E-state index contributed by atoms with van der Waals surface area (Å²) in [5, 5.41) is 5.81. The molecule has 202 valence electrons. The molecule has 3 aromatic rings. The lowest BCUT2D eigenvalue weighted by molar-refractivity contribution is -0.142. The highest BCUT2D eigenvalue weighted by Crippen LogP contribution is 2.39. The number of benzene rings is 2. The molecule has 0 radical (unpaired) electrons. The molecule has 2 heterocycles. The van der Waals surface area contributed by atoms with E-state index in [-0.39, 0.29) is 18.9 Å². The molecule has 1 unspecified atom stereocenters. The Morgan fingerprint density at radius 2 is 1.82 bits per heavy atom. The summed E-state index contributed by atoms with van der Waals surface area (Å²) in [6.45, 7) is 2.79. The first-order valence-electron chi connectivity index (χ1n) is 11.5. The number of sulfone groups is 1. The van der Waals surface area contributed by atoms with Gasteiger partial charge in [0.1, 0.15) is 11.9 Å². The molecule has 2 atom stereocenters. The maximum Gasteiger partial charge on any atom is 0.417 e. The van der Waals surface area contributed by atoms with Gasteiger partial charge in [0, 0.05) is 25.2 Å². The number of alkyl halides is 3. The van der Waals surface area contributed by atoms with Gasteiger partial charge in [0.05, 0.1) is 34.2 Å². The number of esters is 1. The van der Waals surface area contributed by atoms with E-state index in [1.54, 1.807) is 37.3 Å². The van der Waals surface area contributed by atoms with E-state index in [0.717, 1.165) is 25.3 Å². The summed E-state index contributed by atoms with van der Waals surface area (Å²) >= 11 is 0. The molecule has 0 spiro atoms. The van der Waals surface area contributed by atoms with Crippen LogP contribution in [0.15, 0.2) is 59.5 Å². The SMILES string of the molecule is COC(=O)C1C[C@@H](S(=O)(=O)c2ccccc2C(F)(F)F)CN1c1cc(C)nn1-c1cccc(NC(C)=O)c1. The van der Waals surface area contributed by atoms with Gasteiger partial charge < -0.3 is 15.0 Å². The van der Waals surface area contributed by atoms with Gasteiger partial charge in [-0.25, -0.2) is 17.9 Å². The molecular weight excluding hydrogens is 525 g/mol. The highest BCUT2D eigenvalue weighted by atomic mass is 32.2. The second kappa shape index (κ2) is 10.1. The molecule has 13 heteroatoms. The van der Waals surface area contributed by atoms with Crippen molar-refractivity contribution >= 4 is 33.2 Å². The lowest BCUT2D eigenvalue weighted by atomic mass is 10.2. The normalized spacial score (nSPS) is 17.9. The molecule has 0 aliphatic carbocycles. The molecule has 38 heavy (non-hydrogen) atoms. The Labute approximate surface area is 217 Å². The summed E-state index contributed by atoms with van der Waals surface area (Å²) in [6, 6.07) is 11.3. The Balaban J connectivity index is 1.78. The lowest BCUT2D eigenvalue weighted by Crippen LogP contribution is -2.38. The van der Waals surface area contributed by atoms with Gasteiger partial charge in [0.15, 0.2) is 9.84 Å². The fourth-order valence-electron chi connectivity index (χ4n) is 4.56. The molecule has 9 nitrogen and oxygen atoms in total. The van der Waals surface area contributed by atoms with Crippen LogP contribution < -0.4 is 10.2 Å². The van der Waals surface area contributed by atoms with Crippen LogP contribution in [0.2, 0.25) is 0 Å². The molecular formula is C25H25F3N4O5S. The Morgan fingerprint density at radius 1 is 1.11 bits per heavy atom. The van der Waals surface area contributed by atoms with E-state index in [0.29, 0.717) is 22.9 Å². The zero-order chi connectivity index (χ0) is 27.8. The standard InChI is InChI=1S/C25H25F3N4O5S/c1-15-11-23(32(30-15)18-8-6-7-17(12-18)29-16(2)33)31-14-19(13-21(31)24(34)37-3)38(35,36)22-10-5-4-9-20(22)25(26,27)28/h4-12,19,21H,13-14H2,1-3H3,(H,29,33)/t19-,21?/m1/s1. The van der Waals surface area contributed by atoms with Crippen molar-refractivity contribution in [2.45, 2.75) is 42.6 Å². The van der Waals surface area contributed by atoms with Crippen molar-refractivity contribution in [2.75, 3.05) is 23.9 Å². The molecule has 0 bridgehead atoms. The maximum absolute atomic E-state index is 13.6. The second-order valence-corrected chi connectivity index (χ2v) is 11.1. The maximum atomic E-state index is 13.6. The number of aromatic nitrogens is 2. The van der Waals surface area contributed by atoms with Crippen molar-refractivity contribution in [3.8, 4) is 5.69 Å². The average molecular weight is 551 g/mol. The number of anilines is 2. The summed E-state index contributed by atoms with van der Waals surface area (Å²) in [6.07, 6.45) is -5.16. The average Bonchev–Trinajstić information content (AvgIpc) is 3.47. The van der Waals surface area contributed by atoms with Crippen LogP contribution in [0.5, 0.6) is 0 Å². The summed E-state index contributed by atoms with van der Waals surface area (Å²) in [5.74, 6) is -0.666. The first-order chi connectivity index (χ1) is 17.8. The van der Waals surface area contributed by atoms with Crippen LogP contribution in [0, 0.1) is 6.92 Å². The third-order valence-corrected chi connectivity index (χ3v) is 8.38. The molecule has 2 aromatic carbocycles. The van der Waals surface area contributed by atoms with E-state index in [9.17, 15) is 31.2 Å². The third-order valence-electron chi connectivity index (χ3n) is 6.19. The number of ether oxygens (including phenoxy) is 1. The first kappa shape index (κ1) is 27.2. The summed E-state index contributed by atoms with van der Waals surface area (Å²) < 4.78 is 74.3. The number of halogens is 3. The minimum Gasteiger partial charge on any atom is -0.467 e. The number of nitrogens with zero attached hydrogens (tertiary/aromatic N) is 3. The van der Waals surface area contributed by atoms with E-state index in [1.807, 2.05) is 0 Å². The van der Waals surface area contributed by atoms with Crippen molar-refractivity contribution in [1.29, 1.82) is 0 Å². The van der Waals surface area contributed by atoms with Gasteiger partial charge in [-0.1, -0.05) is 18.2 Å². The monoisotopic (exact) mass is 550 g/mol. The molecule has 4 rings (SSSR count). The number of hydrogen-bond acceptors (Lipinski definition) is 7. The van der Waals surface area contributed by atoms with Crippen molar-refractivity contribution in [3.63, 3.8) is 0 Å². The summed E-state index contributed by atoms with van der Waals surface area (Å²) in [5.41, 5.74) is 0.284. The fourth-order valence-corrected chi connectivity index (χ4v) is 6.47.